The number of ether oxygens (including phenoxy) is 2. The van der Waals surface area contributed by atoms with Gasteiger partial charge in [-0.1, -0.05) is 20.8 Å². The van der Waals surface area contributed by atoms with Gasteiger partial charge in [-0.05, 0) is 12.1 Å². The van der Waals surface area contributed by atoms with E-state index < -0.39 is 17.1 Å². The van der Waals surface area contributed by atoms with Crippen LogP contribution in [0.2, 0.25) is 0 Å². The van der Waals surface area contributed by atoms with Crippen LogP contribution in [-0.4, -0.2) is 33.3 Å². The van der Waals surface area contributed by atoms with Gasteiger partial charge in [-0.25, -0.2) is 14.3 Å². The monoisotopic (exact) mass is 333 g/mol. The van der Waals surface area contributed by atoms with Gasteiger partial charge in [0, 0.05) is 29.9 Å². The molecule has 8 heteroatoms. The summed E-state index contributed by atoms with van der Waals surface area (Å²) in [6.07, 6.45) is 3.29. The second-order valence-electron chi connectivity index (χ2n) is 6.27. The Morgan fingerprint density at radius 1 is 1.33 bits per heavy atom. The van der Waals surface area contributed by atoms with Crippen LogP contribution in [0, 0.1) is 15.5 Å². The zero-order valence-corrected chi connectivity index (χ0v) is 13.7. The number of hydrogen-bond donors (Lipinski definition) is 0. The molecule has 24 heavy (non-hydrogen) atoms. The Morgan fingerprint density at radius 3 is 2.50 bits per heavy atom. The fraction of sp³-hybridized carbons (Fsp3) is 0.375. The summed E-state index contributed by atoms with van der Waals surface area (Å²) in [4.78, 5) is 26.0. The van der Waals surface area contributed by atoms with Crippen LogP contribution in [-0.2, 0) is 4.74 Å². The number of nitro benzene ring substituents is 1. The third-order valence-electron chi connectivity index (χ3n) is 3.37. The molecule has 128 valence electrons. The lowest BCUT2D eigenvalue weighted by molar-refractivity contribution is -0.384. The lowest BCUT2D eigenvalue weighted by Crippen LogP contribution is -2.37. The van der Waals surface area contributed by atoms with E-state index in [-0.39, 0.29) is 17.7 Å². The topological polar surface area (TPSA) is 96.5 Å². The van der Waals surface area contributed by atoms with E-state index >= 15 is 0 Å². The summed E-state index contributed by atoms with van der Waals surface area (Å²) in [5.74, 6) is 0.466. The Bertz CT molecular complexity index is 690. The van der Waals surface area contributed by atoms with Crippen LogP contribution in [0.3, 0.4) is 0 Å². The molecule has 2 rings (SSSR count). The molecule has 1 aromatic carbocycles. The molecule has 1 unspecified atom stereocenters. The van der Waals surface area contributed by atoms with E-state index in [1.165, 1.54) is 47.6 Å². The molecule has 8 nitrogen and oxygen atoms in total. The lowest BCUT2D eigenvalue weighted by Gasteiger charge is -2.30. The Morgan fingerprint density at radius 2 is 2.00 bits per heavy atom. The van der Waals surface area contributed by atoms with Crippen LogP contribution >= 0.6 is 0 Å². The first-order valence-corrected chi connectivity index (χ1v) is 7.33. The van der Waals surface area contributed by atoms with Gasteiger partial charge in [0.05, 0.1) is 4.92 Å². The molecule has 0 bridgehead atoms. The normalized spacial score (nSPS) is 12.5. The molecule has 0 spiro atoms. The molecule has 0 amide bonds. The van der Waals surface area contributed by atoms with Crippen molar-refractivity contribution in [2.45, 2.75) is 26.9 Å². The minimum absolute atomic E-state index is 0.0127. The van der Waals surface area contributed by atoms with E-state index in [4.69, 9.17) is 9.47 Å². The van der Waals surface area contributed by atoms with E-state index in [0.717, 1.165) is 0 Å². The zero-order valence-electron chi connectivity index (χ0n) is 13.7. The van der Waals surface area contributed by atoms with E-state index in [1.54, 1.807) is 0 Å². The molecule has 2 aromatic rings. The van der Waals surface area contributed by atoms with Gasteiger partial charge in [0.25, 0.3) is 5.69 Å². The van der Waals surface area contributed by atoms with Gasteiger partial charge in [-0.3, -0.25) is 10.1 Å². The molecule has 1 atom stereocenters. The second-order valence-corrected chi connectivity index (χ2v) is 6.27. The third-order valence-corrected chi connectivity index (χ3v) is 3.37. The zero-order chi connectivity index (χ0) is 17.7. The van der Waals surface area contributed by atoms with Crippen molar-refractivity contribution in [1.29, 1.82) is 0 Å². The Hall–Kier alpha value is -2.90. The number of rotatable bonds is 5. The summed E-state index contributed by atoms with van der Waals surface area (Å²) in [5, 5.41) is 10.6. The van der Waals surface area contributed by atoms with E-state index in [0.29, 0.717) is 5.75 Å². The largest absolute Gasteiger partial charge is 0.490 e. The van der Waals surface area contributed by atoms with E-state index in [1.807, 2.05) is 20.8 Å². The van der Waals surface area contributed by atoms with E-state index in [2.05, 4.69) is 4.98 Å². The van der Waals surface area contributed by atoms with Crippen molar-refractivity contribution in [2.24, 2.45) is 5.41 Å². The summed E-state index contributed by atoms with van der Waals surface area (Å²) >= 11 is 0. The van der Waals surface area contributed by atoms with E-state index in [9.17, 15) is 14.9 Å². The Kier molecular flexibility index (Phi) is 5.18. The fourth-order valence-corrected chi connectivity index (χ4v) is 1.85. The van der Waals surface area contributed by atoms with Crippen molar-refractivity contribution in [1.82, 2.24) is 9.55 Å². The average Bonchev–Trinajstić information content (AvgIpc) is 3.05. The van der Waals surface area contributed by atoms with Crippen LogP contribution < -0.4 is 4.74 Å². The summed E-state index contributed by atoms with van der Waals surface area (Å²) in [5.41, 5.74) is -0.363. The maximum atomic E-state index is 12.1. The van der Waals surface area contributed by atoms with Crippen molar-refractivity contribution >= 4 is 11.8 Å². The first kappa shape index (κ1) is 17.5. The van der Waals surface area contributed by atoms with Crippen molar-refractivity contribution < 1.29 is 19.2 Å². The number of carbonyl (C=O) groups excluding carboxylic acids is 1. The fourth-order valence-electron chi connectivity index (χ4n) is 1.85. The number of imidazole rings is 1. The van der Waals surface area contributed by atoms with Crippen LogP contribution in [0.1, 0.15) is 20.8 Å². The van der Waals surface area contributed by atoms with Crippen LogP contribution in [0.4, 0.5) is 10.5 Å². The first-order chi connectivity index (χ1) is 11.3. The number of nitrogens with zero attached hydrogens (tertiary/aromatic N) is 3. The maximum Gasteiger partial charge on any atom is 0.419 e. The molecule has 0 N–H and O–H groups in total. The van der Waals surface area contributed by atoms with Crippen molar-refractivity contribution in [3.05, 3.63) is 53.1 Å². The van der Waals surface area contributed by atoms with Gasteiger partial charge in [-0.15, -0.1) is 0 Å². The number of nitro groups is 1. The molecule has 1 aromatic heterocycles. The lowest BCUT2D eigenvalue weighted by atomic mass is 9.89. The highest BCUT2D eigenvalue weighted by Crippen LogP contribution is 2.25. The smallest absolute Gasteiger partial charge is 0.419 e. The highest BCUT2D eigenvalue weighted by atomic mass is 16.6. The SMILES string of the molecule is CC(C)(C)C(COc1ccc([N+](=O)[O-])cc1)OC(=O)n1ccnc1. The van der Waals surface area contributed by atoms with Crippen molar-refractivity contribution in [3.8, 4) is 5.75 Å². The molecule has 1 heterocycles. The molecular formula is C16H19N3O5. The third kappa shape index (κ3) is 4.55. The molecule has 0 saturated carbocycles. The van der Waals surface area contributed by atoms with Crippen LogP contribution in [0.5, 0.6) is 5.75 Å². The van der Waals surface area contributed by atoms with Crippen LogP contribution in [0.15, 0.2) is 43.0 Å². The highest BCUT2D eigenvalue weighted by Gasteiger charge is 2.29. The molecule has 0 saturated heterocycles. The quantitative estimate of drug-likeness (QED) is 0.615. The molecule has 0 aliphatic heterocycles. The summed E-state index contributed by atoms with van der Waals surface area (Å²) in [6, 6.07) is 5.74. The number of hydrogen-bond acceptors (Lipinski definition) is 6. The summed E-state index contributed by atoms with van der Waals surface area (Å²) in [6.45, 7) is 5.91. The van der Waals surface area contributed by atoms with Crippen molar-refractivity contribution in [3.63, 3.8) is 0 Å². The minimum atomic E-state index is -0.542. The molecular weight excluding hydrogens is 314 g/mol. The summed E-state index contributed by atoms with van der Waals surface area (Å²) in [7, 11) is 0. The standard InChI is InChI=1S/C16H19N3O5/c1-16(2,3)14(24-15(20)18-9-8-17-11-18)10-23-13-6-4-12(5-7-13)19(21)22/h4-9,11,14H,10H2,1-3H3. The second kappa shape index (κ2) is 7.12. The van der Waals surface area contributed by atoms with Gasteiger partial charge in [-0.2, -0.15) is 0 Å². The number of non-ortho nitro benzene ring substituents is 1. The van der Waals surface area contributed by atoms with Gasteiger partial charge in [0.15, 0.2) is 0 Å². The Balaban J connectivity index is 2.01. The molecule has 0 radical (unpaired) electrons. The van der Waals surface area contributed by atoms with Gasteiger partial charge in [0.2, 0.25) is 0 Å². The van der Waals surface area contributed by atoms with Gasteiger partial charge >= 0.3 is 6.09 Å². The first-order valence-electron chi connectivity index (χ1n) is 7.33. The number of aromatic nitrogens is 2. The van der Waals surface area contributed by atoms with Crippen molar-refractivity contribution in [2.75, 3.05) is 6.61 Å². The average molecular weight is 333 g/mol. The Labute approximate surface area is 139 Å². The van der Waals surface area contributed by atoms with Crippen LogP contribution in [0.25, 0.3) is 0 Å². The molecule has 0 fully saturated rings. The predicted molar refractivity (Wildman–Crippen MR) is 85.9 cm³/mol. The van der Waals surface area contributed by atoms with Gasteiger partial charge in [0.1, 0.15) is 24.8 Å². The number of benzene rings is 1. The molecule has 0 aliphatic carbocycles. The number of carbonyl (C=O) groups is 1. The minimum Gasteiger partial charge on any atom is -0.490 e. The van der Waals surface area contributed by atoms with Gasteiger partial charge < -0.3 is 9.47 Å². The highest BCUT2D eigenvalue weighted by molar-refractivity contribution is 5.70. The molecule has 0 aliphatic rings. The predicted octanol–water partition coefficient (Wildman–Crippen LogP) is 3.27. The summed E-state index contributed by atoms with van der Waals surface area (Å²) < 4.78 is 12.4. The maximum absolute atomic E-state index is 12.1.